The van der Waals surface area contributed by atoms with Gasteiger partial charge in [0.25, 0.3) is 0 Å². The molecule has 1 fully saturated rings. The molecule has 0 spiro atoms. The van der Waals surface area contributed by atoms with Gasteiger partial charge in [0.15, 0.2) is 0 Å². The van der Waals surface area contributed by atoms with E-state index in [0.717, 1.165) is 27.9 Å². The van der Waals surface area contributed by atoms with Gasteiger partial charge in [-0.15, -0.1) is 0 Å². The van der Waals surface area contributed by atoms with E-state index in [1.165, 1.54) is 9.80 Å². The lowest BCUT2D eigenvalue weighted by molar-refractivity contribution is -0.184. The summed E-state index contributed by atoms with van der Waals surface area (Å²) in [6.45, 7) is 7.92. The molecule has 2 aromatic heterocycles. The quantitative estimate of drug-likeness (QED) is 0.362. The maximum atomic E-state index is 13.7. The average molecular weight is 552 g/mol. The first-order valence-electron chi connectivity index (χ1n) is 13.1. The van der Waals surface area contributed by atoms with Crippen molar-refractivity contribution in [2.45, 2.75) is 45.1 Å². The molecule has 0 bridgehead atoms. The number of nitrogens with zero attached hydrogens (tertiary/aromatic N) is 5. The zero-order valence-electron chi connectivity index (χ0n) is 21.9. The minimum Gasteiger partial charge on any atom is -0.368 e. The maximum absolute atomic E-state index is 13.7. The third-order valence-electron chi connectivity index (χ3n) is 7.81. The van der Waals surface area contributed by atoms with Gasteiger partial charge in [-0.25, -0.2) is 4.98 Å². The highest BCUT2D eigenvalue weighted by atomic mass is 19.4. The number of likely N-dealkylation sites (N-methyl/N-ethyl adjacent to an activating group) is 1. The summed E-state index contributed by atoms with van der Waals surface area (Å²) in [5.74, 6) is 0. The average Bonchev–Trinajstić information content (AvgIpc) is 3.31. The van der Waals surface area contributed by atoms with Gasteiger partial charge in [-0.1, -0.05) is 20.4 Å². The number of hydrogen-bond acceptors (Lipinski definition) is 4. The van der Waals surface area contributed by atoms with Gasteiger partial charge in [-0.2, -0.15) is 26.3 Å². The van der Waals surface area contributed by atoms with Crippen molar-refractivity contribution in [2.75, 3.05) is 44.2 Å². The van der Waals surface area contributed by atoms with Crippen LogP contribution in [0.2, 0.25) is 0 Å². The Hall–Kier alpha value is -3.21. The van der Waals surface area contributed by atoms with Crippen molar-refractivity contribution in [3.8, 4) is 11.3 Å². The lowest BCUT2D eigenvalue weighted by atomic mass is 9.88. The van der Waals surface area contributed by atoms with E-state index in [0.29, 0.717) is 49.5 Å². The molecule has 2 aliphatic rings. The highest BCUT2D eigenvalue weighted by molar-refractivity contribution is 5.76. The van der Waals surface area contributed by atoms with Crippen molar-refractivity contribution in [1.29, 1.82) is 0 Å². The van der Waals surface area contributed by atoms with Crippen molar-refractivity contribution in [3.63, 3.8) is 0 Å². The predicted octanol–water partition coefficient (Wildman–Crippen LogP) is 6.03. The van der Waals surface area contributed by atoms with Crippen LogP contribution in [0.25, 0.3) is 22.6 Å². The molecular weight excluding hydrogens is 520 g/mol. The zero-order valence-corrected chi connectivity index (χ0v) is 21.9. The van der Waals surface area contributed by atoms with Crippen molar-refractivity contribution in [3.05, 3.63) is 59.9 Å². The molecule has 5 rings (SSSR count). The van der Waals surface area contributed by atoms with E-state index >= 15 is 0 Å². The Morgan fingerprint density at radius 3 is 2.46 bits per heavy atom. The number of fused-ring (bicyclic) bond motifs is 2. The van der Waals surface area contributed by atoms with Gasteiger partial charge in [0, 0.05) is 61.0 Å². The molecule has 1 aromatic carbocycles. The monoisotopic (exact) mass is 551 g/mol. The van der Waals surface area contributed by atoms with Gasteiger partial charge >= 0.3 is 12.4 Å². The highest BCUT2D eigenvalue weighted by Gasteiger charge is 2.46. The van der Waals surface area contributed by atoms with E-state index < -0.39 is 24.9 Å². The summed E-state index contributed by atoms with van der Waals surface area (Å²) in [7, 11) is 0. The Morgan fingerprint density at radius 2 is 1.79 bits per heavy atom. The highest BCUT2D eigenvalue weighted by Crippen LogP contribution is 2.37. The molecule has 2 aliphatic heterocycles. The van der Waals surface area contributed by atoms with E-state index in [4.69, 9.17) is 0 Å². The number of aryl methyl sites for hydroxylation is 1. The van der Waals surface area contributed by atoms with Crippen molar-refractivity contribution < 1.29 is 26.3 Å². The first-order valence-corrected chi connectivity index (χ1v) is 13.1. The Morgan fingerprint density at radius 1 is 1.03 bits per heavy atom. The van der Waals surface area contributed by atoms with E-state index in [1.54, 1.807) is 24.1 Å². The summed E-state index contributed by atoms with van der Waals surface area (Å²) in [6.07, 6.45) is -3.98. The molecular formula is C28H31F6N5. The molecule has 1 unspecified atom stereocenters. The van der Waals surface area contributed by atoms with Crippen LogP contribution in [0.1, 0.15) is 30.5 Å². The van der Waals surface area contributed by atoms with Gasteiger partial charge in [0.2, 0.25) is 0 Å². The summed E-state index contributed by atoms with van der Waals surface area (Å²) >= 11 is 0. The molecule has 0 amide bonds. The van der Waals surface area contributed by atoms with Crippen LogP contribution in [-0.2, 0) is 12.8 Å². The van der Waals surface area contributed by atoms with Crippen LogP contribution in [-0.4, -0.2) is 76.8 Å². The number of piperazine rings is 1. The third-order valence-corrected chi connectivity index (χ3v) is 7.81. The molecule has 0 N–H and O–H groups in total. The van der Waals surface area contributed by atoms with E-state index in [9.17, 15) is 26.3 Å². The molecule has 39 heavy (non-hydrogen) atoms. The second-order valence-electron chi connectivity index (χ2n) is 10.1. The van der Waals surface area contributed by atoms with Gasteiger partial charge in [-0.3, -0.25) is 9.30 Å². The van der Waals surface area contributed by atoms with Crippen molar-refractivity contribution >= 4 is 17.0 Å². The number of imidazole rings is 1. The number of halogens is 6. The van der Waals surface area contributed by atoms with Crippen LogP contribution >= 0.6 is 0 Å². The van der Waals surface area contributed by atoms with Crippen molar-refractivity contribution in [1.82, 2.24) is 19.2 Å². The van der Waals surface area contributed by atoms with Crippen LogP contribution in [0.3, 0.4) is 0 Å². The maximum Gasteiger partial charge on any atom is 0.405 e. The summed E-state index contributed by atoms with van der Waals surface area (Å²) in [4.78, 5) is 9.04. The molecule has 3 aromatic rings. The van der Waals surface area contributed by atoms with Gasteiger partial charge in [-0.05, 0) is 48.7 Å². The van der Waals surface area contributed by atoms with Crippen LogP contribution in [0.4, 0.5) is 32.0 Å². The Balaban J connectivity index is 1.45. The number of aromatic nitrogens is 2. The van der Waals surface area contributed by atoms with Crippen LogP contribution in [0.5, 0.6) is 0 Å². The van der Waals surface area contributed by atoms with Crippen LogP contribution in [0, 0.1) is 0 Å². The molecule has 1 saturated heterocycles. The minimum atomic E-state index is -4.31. The molecule has 11 heteroatoms. The van der Waals surface area contributed by atoms with E-state index in [1.807, 2.05) is 35.7 Å². The molecule has 1 atom stereocenters. The summed E-state index contributed by atoms with van der Waals surface area (Å²) < 4.78 is 82.1. The number of alkyl halides is 6. The fourth-order valence-corrected chi connectivity index (χ4v) is 5.83. The number of pyridine rings is 1. The van der Waals surface area contributed by atoms with Gasteiger partial charge < -0.3 is 9.80 Å². The molecule has 0 aliphatic carbocycles. The Bertz CT molecular complexity index is 1360. The molecule has 210 valence electrons. The topological polar surface area (TPSA) is 27.0 Å². The lowest BCUT2D eigenvalue weighted by Crippen LogP contribution is -2.59. The zero-order chi connectivity index (χ0) is 28.1. The summed E-state index contributed by atoms with van der Waals surface area (Å²) in [5, 5.41) is 0. The van der Waals surface area contributed by atoms with Gasteiger partial charge in [0.05, 0.1) is 11.9 Å². The Labute approximate surface area is 223 Å². The second kappa shape index (κ2) is 10.1. The fraction of sp³-hybridized carbons (Fsp3) is 0.464. The minimum absolute atomic E-state index is 0.138. The summed E-state index contributed by atoms with van der Waals surface area (Å²) in [6, 6.07) is 6.04. The molecule has 0 saturated carbocycles. The smallest absolute Gasteiger partial charge is 0.368 e. The lowest BCUT2D eigenvalue weighted by Gasteiger charge is -2.42. The van der Waals surface area contributed by atoms with Gasteiger partial charge in [0.1, 0.15) is 18.2 Å². The second-order valence-corrected chi connectivity index (χ2v) is 10.1. The van der Waals surface area contributed by atoms with Crippen LogP contribution < -0.4 is 4.90 Å². The number of hydrogen-bond donors (Lipinski definition) is 0. The fourth-order valence-electron chi connectivity index (χ4n) is 5.83. The third kappa shape index (κ3) is 5.33. The number of anilines is 1. The first kappa shape index (κ1) is 27.4. The van der Waals surface area contributed by atoms with E-state index in [2.05, 4.69) is 11.6 Å². The first-order chi connectivity index (χ1) is 18.4. The molecule has 4 heterocycles. The summed E-state index contributed by atoms with van der Waals surface area (Å²) in [5.41, 5.74) is 6.02. The molecule has 0 radical (unpaired) electrons. The normalized spacial score (nSPS) is 19.2. The van der Waals surface area contributed by atoms with E-state index in [-0.39, 0.29) is 13.1 Å². The SMILES string of the molecule is C=C1c2c(CC)cc(-c3cnc4cc(N5CCN(CC)C(C(F)(F)F)C5)ccn34)cc2CCN1CC(F)(F)F. The predicted molar refractivity (Wildman–Crippen MR) is 140 cm³/mol. The number of benzene rings is 1. The Kier molecular flexibility index (Phi) is 7.07. The van der Waals surface area contributed by atoms with Crippen molar-refractivity contribution in [2.24, 2.45) is 0 Å². The molecule has 5 nitrogen and oxygen atoms in total. The van der Waals surface area contributed by atoms with Crippen LogP contribution in [0.15, 0.2) is 43.2 Å². The standard InChI is InChI=1S/C28H31F6N5/c1-4-19-12-21(13-20-6-8-38(17-27(29,30)31)18(3)26(19)20)23-15-35-25-14-22(7-9-39(23)25)37-11-10-36(5-2)24(16-37)28(32,33)34/h7,9,12-15,24H,3-6,8,10-11,16-17H2,1-2H3. The largest absolute Gasteiger partial charge is 0.405 e. The number of rotatable bonds is 5.